The lowest BCUT2D eigenvalue weighted by atomic mass is 10.0. The normalized spacial score (nSPS) is 15.2. The van der Waals surface area contributed by atoms with Crippen molar-refractivity contribution in [1.82, 2.24) is 9.80 Å². The maximum atomic E-state index is 5.67. The molecule has 164 valence electrons. The van der Waals surface area contributed by atoms with Gasteiger partial charge in [-0.15, -0.1) is 12.4 Å². The molecule has 5 heteroatoms. The summed E-state index contributed by atoms with van der Waals surface area (Å²) in [6, 6.07) is 21.0. The van der Waals surface area contributed by atoms with E-state index in [1.165, 1.54) is 21.9 Å². The zero-order valence-electron chi connectivity index (χ0n) is 18.3. The third-order valence-corrected chi connectivity index (χ3v) is 5.83. The summed E-state index contributed by atoms with van der Waals surface area (Å²) in [6.45, 7) is 6.20. The van der Waals surface area contributed by atoms with E-state index in [4.69, 9.17) is 9.47 Å². The van der Waals surface area contributed by atoms with Gasteiger partial charge in [0.25, 0.3) is 0 Å². The predicted molar refractivity (Wildman–Crippen MR) is 131 cm³/mol. The highest BCUT2D eigenvalue weighted by atomic mass is 35.5. The molecule has 1 aliphatic rings. The van der Waals surface area contributed by atoms with Crippen molar-refractivity contribution in [2.75, 3.05) is 46.9 Å². The maximum Gasteiger partial charge on any atom is 0.123 e. The molecule has 1 fully saturated rings. The van der Waals surface area contributed by atoms with Gasteiger partial charge in [0.05, 0.1) is 14.2 Å². The number of halogens is 1. The van der Waals surface area contributed by atoms with Gasteiger partial charge in [-0.1, -0.05) is 54.6 Å². The van der Waals surface area contributed by atoms with E-state index in [-0.39, 0.29) is 12.4 Å². The summed E-state index contributed by atoms with van der Waals surface area (Å²) in [7, 11) is 3.47. The molecule has 0 aromatic heterocycles. The van der Waals surface area contributed by atoms with Crippen LogP contribution in [0.15, 0.2) is 66.7 Å². The van der Waals surface area contributed by atoms with Crippen molar-refractivity contribution in [1.29, 1.82) is 0 Å². The Hall–Kier alpha value is -2.53. The maximum absolute atomic E-state index is 5.67. The number of nitrogens with zero attached hydrogens (tertiary/aromatic N) is 2. The first-order valence-electron chi connectivity index (χ1n) is 10.6. The Labute approximate surface area is 191 Å². The quantitative estimate of drug-likeness (QED) is 0.511. The van der Waals surface area contributed by atoms with Gasteiger partial charge in [0.2, 0.25) is 0 Å². The second-order valence-corrected chi connectivity index (χ2v) is 7.72. The van der Waals surface area contributed by atoms with Crippen molar-refractivity contribution in [3.05, 3.63) is 77.9 Å². The Morgan fingerprint density at radius 3 is 2.39 bits per heavy atom. The number of rotatable bonds is 7. The molecule has 0 unspecified atom stereocenters. The highest BCUT2D eigenvalue weighted by Gasteiger charge is 2.18. The van der Waals surface area contributed by atoms with E-state index in [1.807, 2.05) is 12.1 Å². The minimum absolute atomic E-state index is 0. The number of piperazine rings is 1. The van der Waals surface area contributed by atoms with Gasteiger partial charge in [0, 0.05) is 44.8 Å². The van der Waals surface area contributed by atoms with Gasteiger partial charge in [-0.2, -0.15) is 0 Å². The van der Waals surface area contributed by atoms with Crippen LogP contribution in [-0.4, -0.2) is 56.7 Å². The molecular weight excluding hydrogens is 408 g/mol. The number of benzene rings is 3. The molecule has 0 atom stereocenters. The van der Waals surface area contributed by atoms with Gasteiger partial charge in [0.1, 0.15) is 11.5 Å². The summed E-state index contributed by atoms with van der Waals surface area (Å²) in [5, 5.41) is 2.56. The fourth-order valence-corrected chi connectivity index (χ4v) is 4.11. The highest BCUT2D eigenvalue weighted by molar-refractivity contribution is 5.87. The van der Waals surface area contributed by atoms with Crippen LogP contribution in [0, 0.1) is 0 Å². The summed E-state index contributed by atoms with van der Waals surface area (Å²) < 4.78 is 11.0. The van der Waals surface area contributed by atoms with Crippen LogP contribution in [0.4, 0.5) is 0 Å². The molecule has 0 amide bonds. The lowest BCUT2D eigenvalue weighted by Gasteiger charge is -2.34. The first kappa shape index (κ1) is 23.1. The minimum atomic E-state index is 0. The fourth-order valence-electron chi connectivity index (χ4n) is 4.11. The first-order valence-corrected chi connectivity index (χ1v) is 10.6. The van der Waals surface area contributed by atoms with Crippen LogP contribution in [-0.2, 0) is 6.54 Å². The van der Waals surface area contributed by atoms with E-state index in [0.29, 0.717) is 0 Å². The molecule has 0 saturated carbocycles. The molecule has 4 nitrogen and oxygen atoms in total. The largest absolute Gasteiger partial charge is 0.497 e. The van der Waals surface area contributed by atoms with E-state index in [0.717, 1.165) is 50.8 Å². The summed E-state index contributed by atoms with van der Waals surface area (Å²) in [5.74, 6) is 1.88. The van der Waals surface area contributed by atoms with Crippen molar-refractivity contribution >= 4 is 29.3 Å². The SMILES string of the molecule is COc1cccc(/C=C/CN2CCN(Cc3c(OC)ccc4ccccc34)CC2)c1.Cl. The molecule has 0 spiro atoms. The van der Waals surface area contributed by atoms with Crippen LogP contribution in [0.3, 0.4) is 0 Å². The molecule has 0 N–H and O–H groups in total. The summed E-state index contributed by atoms with van der Waals surface area (Å²) in [5.41, 5.74) is 2.47. The molecule has 0 radical (unpaired) electrons. The van der Waals surface area contributed by atoms with Crippen molar-refractivity contribution in [2.24, 2.45) is 0 Å². The van der Waals surface area contributed by atoms with E-state index in [2.05, 4.69) is 70.5 Å². The van der Waals surface area contributed by atoms with Gasteiger partial charge < -0.3 is 9.47 Å². The number of fused-ring (bicyclic) bond motifs is 1. The lowest BCUT2D eigenvalue weighted by molar-refractivity contribution is 0.136. The number of methoxy groups -OCH3 is 2. The number of hydrogen-bond donors (Lipinski definition) is 0. The van der Waals surface area contributed by atoms with E-state index in [9.17, 15) is 0 Å². The Morgan fingerprint density at radius 2 is 1.61 bits per heavy atom. The van der Waals surface area contributed by atoms with Crippen molar-refractivity contribution in [3.63, 3.8) is 0 Å². The minimum Gasteiger partial charge on any atom is -0.497 e. The standard InChI is InChI=1S/C26H30N2O2.ClH/c1-29-23-10-5-7-21(19-23)8-6-14-27-15-17-28(18-16-27)20-25-24-11-4-3-9-22(24)12-13-26(25)30-2;/h3-13,19H,14-18,20H2,1-2H3;1H/b8-6+;. The Kier molecular flexibility index (Phi) is 8.35. The van der Waals surface area contributed by atoms with Crippen LogP contribution in [0.1, 0.15) is 11.1 Å². The van der Waals surface area contributed by atoms with Crippen molar-refractivity contribution in [2.45, 2.75) is 6.54 Å². The zero-order chi connectivity index (χ0) is 20.8. The average molecular weight is 439 g/mol. The molecule has 31 heavy (non-hydrogen) atoms. The van der Waals surface area contributed by atoms with Gasteiger partial charge in [0.15, 0.2) is 0 Å². The third kappa shape index (κ3) is 5.79. The molecular formula is C26H31ClN2O2. The number of hydrogen-bond acceptors (Lipinski definition) is 4. The van der Waals surface area contributed by atoms with Crippen molar-refractivity contribution in [3.8, 4) is 11.5 Å². The molecule has 1 aliphatic heterocycles. The van der Waals surface area contributed by atoms with Crippen LogP contribution in [0.25, 0.3) is 16.8 Å². The average Bonchev–Trinajstić information content (AvgIpc) is 2.80. The second kappa shape index (κ2) is 11.2. The topological polar surface area (TPSA) is 24.9 Å². The van der Waals surface area contributed by atoms with Gasteiger partial charge in [-0.25, -0.2) is 0 Å². The zero-order valence-corrected chi connectivity index (χ0v) is 19.1. The van der Waals surface area contributed by atoms with Crippen LogP contribution < -0.4 is 9.47 Å². The van der Waals surface area contributed by atoms with E-state index in [1.54, 1.807) is 14.2 Å². The number of ether oxygens (including phenoxy) is 2. The smallest absolute Gasteiger partial charge is 0.123 e. The molecule has 0 aliphatic carbocycles. The van der Waals surface area contributed by atoms with Crippen molar-refractivity contribution < 1.29 is 9.47 Å². The monoisotopic (exact) mass is 438 g/mol. The van der Waals surface area contributed by atoms with Crippen LogP contribution in [0.5, 0.6) is 11.5 Å². The van der Waals surface area contributed by atoms with Gasteiger partial charge >= 0.3 is 0 Å². The Balaban J connectivity index is 0.00000272. The van der Waals surface area contributed by atoms with Crippen LogP contribution in [0.2, 0.25) is 0 Å². The molecule has 3 aromatic carbocycles. The summed E-state index contributed by atoms with van der Waals surface area (Å²) >= 11 is 0. The second-order valence-electron chi connectivity index (χ2n) is 7.72. The molecule has 1 heterocycles. The highest BCUT2D eigenvalue weighted by Crippen LogP contribution is 2.29. The predicted octanol–water partition coefficient (Wildman–Crippen LogP) is 5.11. The van der Waals surface area contributed by atoms with E-state index < -0.39 is 0 Å². The first-order chi connectivity index (χ1) is 14.8. The van der Waals surface area contributed by atoms with E-state index >= 15 is 0 Å². The molecule has 0 bridgehead atoms. The van der Waals surface area contributed by atoms with Gasteiger partial charge in [-0.05, 0) is 34.5 Å². The lowest BCUT2D eigenvalue weighted by Crippen LogP contribution is -2.45. The Bertz CT molecular complexity index is 1010. The van der Waals surface area contributed by atoms with Crippen LogP contribution >= 0.6 is 12.4 Å². The third-order valence-electron chi connectivity index (χ3n) is 5.83. The molecule has 3 aromatic rings. The van der Waals surface area contributed by atoms with Gasteiger partial charge in [-0.3, -0.25) is 9.80 Å². The summed E-state index contributed by atoms with van der Waals surface area (Å²) in [4.78, 5) is 5.04. The molecule has 4 rings (SSSR count). The summed E-state index contributed by atoms with van der Waals surface area (Å²) in [6.07, 6.45) is 4.42. The molecule has 1 saturated heterocycles. The fraction of sp³-hybridized carbons (Fsp3) is 0.308. The Morgan fingerprint density at radius 1 is 0.839 bits per heavy atom.